The Labute approximate surface area is 132 Å². The molecule has 1 aromatic rings. The molecule has 0 spiro atoms. The van der Waals surface area contributed by atoms with E-state index in [1.54, 1.807) is 0 Å². The number of amides is 2. The van der Waals surface area contributed by atoms with Crippen LogP contribution in [0.2, 0.25) is 0 Å². The van der Waals surface area contributed by atoms with Gasteiger partial charge in [0, 0.05) is 12.1 Å². The Morgan fingerprint density at radius 1 is 0.955 bits per heavy atom. The maximum Gasteiger partial charge on any atom is 0.318 e. The van der Waals surface area contributed by atoms with E-state index in [2.05, 4.69) is 34.5 Å². The Balaban J connectivity index is 1.43. The minimum atomic E-state index is 0.168. The Hall–Kier alpha value is -1.51. The van der Waals surface area contributed by atoms with E-state index >= 15 is 0 Å². The first kappa shape index (κ1) is 13.0. The molecule has 5 aliphatic rings. The lowest BCUT2D eigenvalue weighted by molar-refractivity contribution is -0.0651. The van der Waals surface area contributed by atoms with Crippen LogP contribution in [0, 0.1) is 17.8 Å². The van der Waals surface area contributed by atoms with Gasteiger partial charge in [-0.2, -0.15) is 0 Å². The van der Waals surface area contributed by atoms with Gasteiger partial charge in [0.15, 0.2) is 0 Å². The van der Waals surface area contributed by atoms with Crippen molar-refractivity contribution >= 4 is 6.03 Å². The van der Waals surface area contributed by atoms with Gasteiger partial charge in [0.1, 0.15) is 0 Å². The average Bonchev–Trinajstić information content (AvgIpc) is 2.90. The number of rotatable bonds is 2. The highest BCUT2D eigenvalue weighted by molar-refractivity contribution is 5.78. The van der Waals surface area contributed by atoms with Crippen LogP contribution in [-0.2, 0) is 0 Å². The molecular weight excluding hydrogens is 272 g/mol. The van der Waals surface area contributed by atoms with Crippen molar-refractivity contribution in [3.05, 3.63) is 35.9 Å². The molecule has 1 aliphatic heterocycles. The number of carbonyl (C=O) groups is 1. The first-order valence-corrected chi connectivity index (χ1v) is 8.85. The van der Waals surface area contributed by atoms with Crippen molar-refractivity contribution in [2.24, 2.45) is 17.8 Å². The zero-order valence-corrected chi connectivity index (χ0v) is 13.0. The van der Waals surface area contributed by atoms with Gasteiger partial charge < -0.3 is 10.2 Å². The summed E-state index contributed by atoms with van der Waals surface area (Å²) in [5.41, 5.74) is 1.42. The maximum atomic E-state index is 12.7. The van der Waals surface area contributed by atoms with Crippen LogP contribution in [0.5, 0.6) is 0 Å². The quantitative estimate of drug-likeness (QED) is 0.886. The van der Waals surface area contributed by atoms with Crippen molar-refractivity contribution in [2.45, 2.75) is 50.1 Å². The number of nitrogens with zero attached hydrogens (tertiary/aromatic N) is 1. The smallest absolute Gasteiger partial charge is 0.318 e. The van der Waals surface area contributed by atoms with Crippen molar-refractivity contribution in [3.8, 4) is 0 Å². The lowest BCUT2D eigenvalue weighted by atomic mass is 9.52. The van der Waals surface area contributed by atoms with Gasteiger partial charge >= 0.3 is 6.03 Å². The second kappa shape index (κ2) is 4.50. The molecule has 0 aromatic heterocycles. The maximum absolute atomic E-state index is 12.7. The van der Waals surface area contributed by atoms with Crippen LogP contribution >= 0.6 is 0 Å². The number of urea groups is 1. The van der Waals surface area contributed by atoms with E-state index in [-0.39, 0.29) is 17.6 Å². The summed E-state index contributed by atoms with van der Waals surface area (Å²) in [6.07, 6.45) is 8.06. The third-order valence-electron chi connectivity index (χ3n) is 6.69. The van der Waals surface area contributed by atoms with E-state index in [9.17, 15) is 4.79 Å². The third kappa shape index (κ3) is 1.84. The number of benzene rings is 1. The highest BCUT2D eigenvalue weighted by Gasteiger charge is 2.56. The molecule has 1 N–H and O–H groups in total. The second-order valence-electron chi connectivity index (χ2n) is 8.17. The lowest BCUT2D eigenvalue weighted by Crippen LogP contribution is -2.60. The zero-order valence-electron chi connectivity index (χ0n) is 13.0. The highest BCUT2D eigenvalue weighted by atomic mass is 16.2. The summed E-state index contributed by atoms with van der Waals surface area (Å²) in [6, 6.07) is 10.8. The number of hydrogen-bond donors (Lipinski definition) is 1. The molecule has 2 amide bonds. The Morgan fingerprint density at radius 3 is 2.14 bits per heavy atom. The zero-order chi connectivity index (χ0) is 14.7. The van der Waals surface area contributed by atoms with Crippen molar-refractivity contribution in [3.63, 3.8) is 0 Å². The van der Waals surface area contributed by atoms with Crippen molar-refractivity contribution in [1.82, 2.24) is 10.2 Å². The van der Waals surface area contributed by atoms with E-state index in [1.165, 1.54) is 44.1 Å². The summed E-state index contributed by atoms with van der Waals surface area (Å²) < 4.78 is 0. The van der Waals surface area contributed by atoms with Crippen LogP contribution in [0.1, 0.15) is 50.1 Å². The van der Waals surface area contributed by atoms with Crippen LogP contribution in [0.3, 0.4) is 0 Å². The normalized spacial score (nSPS) is 42.7. The molecule has 5 fully saturated rings. The van der Waals surface area contributed by atoms with Gasteiger partial charge in [-0.3, -0.25) is 0 Å². The molecule has 1 atom stereocenters. The minimum absolute atomic E-state index is 0.168. The van der Waals surface area contributed by atoms with E-state index in [0.717, 1.165) is 24.3 Å². The summed E-state index contributed by atoms with van der Waals surface area (Å²) in [5, 5.41) is 3.23. The summed E-state index contributed by atoms with van der Waals surface area (Å²) in [5.74, 6) is 2.65. The molecule has 0 radical (unpaired) electrons. The molecule has 4 saturated carbocycles. The second-order valence-corrected chi connectivity index (χ2v) is 8.17. The molecule has 4 bridgehead atoms. The lowest BCUT2D eigenvalue weighted by Gasteiger charge is -2.59. The van der Waals surface area contributed by atoms with Gasteiger partial charge in [-0.25, -0.2) is 4.79 Å². The Morgan fingerprint density at radius 2 is 1.55 bits per heavy atom. The molecule has 3 nitrogen and oxygen atoms in total. The van der Waals surface area contributed by atoms with Crippen molar-refractivity contribution in [1.29, 1.82) is 0 Å². The standard InChI is InChI=1S/C19H24N2O/c22-18-20-17(16-4-2-1-3-5-16)12-21(18)19-9-13-6-14(10-19)8-15(7-13)11-19/h1-5,13-15,17H,6-12H2,(H,20,22)/t13?,14?,15?,17-,19?/m0/s1. The number of hydrogen-bond acceptors (Lipinski definition) is 1. The van der Waals surface area contributed by atoms with Crippen molar-refractivity contribution < 1.29 is 4.79 Å². The monoisotopic (exact) mass is 296 g/mol. The van der Waals surface area contributed by atoms with Crippen molar-refractivity contribution in [2.75, 3.05) is 6.54 Å². The SMILES string of the molecule is O=C1N[C@H](c2ccccc2)CN1C12CC3CC(CC(C3)C1)C2. The van der Waals surface area contributed by atoms with E-state index in [4.69, 9.17) is 0 Å². The topological polar surface area (TPSA) is 32.3 Å². The van der Waals surface area contributed by atoms with Crippen LogP contribution in [0.4, 0.5) is 4.79 Å². The van der Waals surface area contributed by atoms with Crippen LogP contribution in [0.25, 0.3) is 0 Å². The van der Waals surface area contributed by atoms with Gasteiger partial charge in [0.25, 0.3) is 0 Å². The van der Waals surface area contributed by atoms with Crippen LogP contribution in [-0.4, -0.2) is 23.0 Å². The molecule has 116 valence electrons. The van der Waals surface area contributed by atoms with Crippen LogP contribution in [0.15, 0.2) is 30.3 Å². The van der Waals surface area contributed by atoms with E-state index < -0.39 is 0 Å². The van der Waals surface area contributed by atoms with Gasteiger partial charge in [-0.05, 0) is 61.8 Å². The summed E-state index contributed by atoms with van der Waals surface area (Å²) in [7, 11) is 0. The van der Waals surface area contributed by atoms with E-state index in [0.29, 0.717) is 0 Å². The molecule has 3 heteroatoms. The summed E-state index contributed by atoms with van der Waals surface area (Å²) in [6.45, 7) is 0.856. The molecular formula is C19H24N2O. The van der Waals surface area contributed by atoms with Gasteiger partial charge in [0.05, 0.1) is 6.04 Å². The summed E-state index contributed by atoms with van der Waals surface area (Å²) in [4.78, 5) is 14.9. The molecule has 1 saturated heterocycles. The largest absolute Gasteiger partial charge is 0.329 e. The van der Waals surface area contributed by atoms with Gasteiger partial charge in [-0.15, -0.1) is 0 Å². The fourth-order valence-electron chi connectivity index (χ4n) is 6.22. The van der Waals surface area contributed by atoms with E-state index in [1.807, 2.05) is 6.07 Å². The molecule has 1 aromatic carbocycles. The van der Waals surface area contributed by atoms with Gasteiger partial charge in [-0.1, -0.05) is 30.3 Å². The number of nitrogens with one attached hydrogen (secondary N) is 1. The minimum Gasteiger partial charge on any atom is -0.329 e. The first-order valence-electron chi connectivity index (χ1n) is 8.85. The fraction of sp³-hybridized carbons (Fsp3) is 0.632. The molecule has 22 heavy (non-hydrogen) atoms. The number of carbonyl (C=O) groups excluding carboxylic acids is 1. The summed E-state index contributed by atoms with van der Waals surface area (Å²) >= 11 is 0. The van der Waals surface area contributed by atoms with Crippen LogP contribution < -0.4 is 5.32 Å². The highest BCUT2D eigenvalue weighted by Crippen LogP contribution is 2.58. The average molecular weight is 296 g/mol. The Bertz CT molecular complexity index is 561. The fourth-order valence-corrected chi connectivity index (χ4v) is 6.22. The molecule has 4 aliphatic carbocycles. The molecule has 0 unspecified atom stereocenters. The predicted octanol–water partition coefficient (Wildman–Crippen LogP) is 3.72. The first-order chi connectivity index (χ1) is 10.7. The third-order valence-corrected chi connectivity index (χ3v) is 6.69. The molecule has 6 rings (SSSR count). The Kier molecular flexibility index (Phi) is 2.65. The molecule has 1 heterocycles. The predicted molar refractivity (Wildman–Crippen MR) is 85.3 cm³/mol. The van der Waals surface area contributed by atoms with Gasteiger partial charge in [0.2, 0.25) is 0 Å².